The first kappa shape index (κ1) is 19.8. The van der Waals surface area contributed by atoms with Crippen molar-refractivity contribution < 1.29 is 19.2 Å². The number of rotatable bonds is 6. The Labute approximate surface area is 156 Å². The van der Waals surface area contributed by atoms with Crippen LogP contribution >= 0.6 is 23.2 Å². The highest BCUT2D eigenvalue weighted by atomic mass is 35.5. The van der Waals surface area contributed by atoms with Crippen LogP contribution < -0.4 is 0 Å². The van der Waals surface area contributed by atoms with Crippen LogP contribution in [0.4, 0.5) is 9.59 Å². The van der Waals surface area contributed by atoms with Crippen LogP contribution in [-0.2, 0) is 9.59 Å². The summed E-state index contributed by atoms with van der Waals surface area (Å²) in [6.45, 7) is 6.43. The highest BCUT2D eigenvalue weighted by molar-refractivity contribution is 6.19. The first-order chi connectivity index (χ1) is 11.5. The van der Waals surface area contributed by atoms with Crippen molar-refractivity contribution in [1.29, 1.82) is 0 Å². The van der Waals surface area contributed by atoms with Crippen LogP contribution in [0.5, 0.6) is 0 Å². The Morgan fingerprint density at radius 2 is 1.04 bits per heavy atom. The highest BCUT2D eigenvalue weighted by Gasteiger charge is 2.56. The standard InChI is InChI=1S/C15H22Cl2N4O4/c1-14(2)10(22)18(7-5-16)12(24)20(14)9-21-13(25)19(8-6-17)11(23)15(21,3)4/h5-9H2,1-4H3. The van der Waals surface area contributed by atoms with Gasteiger partial charge in [-0.1, -0.05) is 0 Å². The Bertz CT molecular complexity index is 571. The Morgan fingerprint density at radius 1 is 0.720 bits per heavy atom. The van der Waals surface area contributed by atoms with E-state index in [4.69, 9.17) is 23.2 Å². The fourth-order valence-electron chi connectivity index (χ4n) is 3.01. The zero-order valence-corrected chi connectivity index (χ0v) is 16.2. The van der Waals surface area contributed by atoms with Gasteiger partial charge in [0.1, 0.15) is 17.7 Å². The van der Waals surface area contributed by atoms with E-state index in [-0.39, 0.29) is 43.3 Å². The molecule has 10 heteroatoms. The van der Waals surface area contributed by atoms with Crippen LogP contribution in [0.3, 0.4) is 0 Å². The number of carbonyl (C=O) groups excluding carboxylic acids is 4. The maximum Gasteiger partial charge on any atom is 0.329 e. The van der Waals surface area contributed by atoms with Crippen LogP contribution in [0.1, 0.15) is 27.7 Å². The molecule has 0 bridgehead atoms. The van der Waals surface area contributed by atoms with Gasteiger partial charge in [-0.25, -0.2) is 9.59 Å². The van der Waals surface area contributed by atoms with Crippen molar-refractivity contribution in [3.8, 4) is 0 Å². The fourth-order valence-corrected chi connectivity index (χ4v) is 3.35. The zero-order valence-electron chi connectivity index (χ0n) is 14.7. The molecule has 0 saturated carbocycles. The van der Waals surface area contributed by atoms with Crippen molar-refractivity contribution in [2.24, 2.45) is 0 Å². The molecular weight excluding hydrogens is 371 g/mol. The van der Waals surface area contributed by atoms with E-state index in [1.807, 2.05) is 0 Å². The number of alkyl halides is 2. The third-order valence-electron chi connectivity index (χ3n) is 4.71. The van der Waals surface area contributed by atoms with Gasteiger partial charge in [0.15, 0.2) is 0 Å². The van der Waals surface area contributed by atoms with Gasteiger partial charge < -0.3 is 0 Å². The number of carbonyl (C=O) groups is 4. The van der Waals surface area contributed by atoms with Gasteiger partial charge >= 0.3 is 12.1 Å². The number of hydrogen-bond donors (Lipinski definition) is 0. The molecule has 0 radical (unpaired) electrons. The summed E-state index contributed by atoms with van der Waals surface area (Å²) >= 11 is 11.3. The SMILES string of the molecule is CC1(C)C(=O)N(CCCl)C(=O)N1CN1C(=O)N(CCCl)C(=O)C1(C)C. The van der Waals surface area contributed by atoms with Crippen LogP contribution in [0.15, 0.2) is 0 Å². The minimum atomic E-state index is -1.14. The molecule has 0 aromatic rings. The second-order valence-electron chi connectivity index (χ2n) is 6.97. The van der Waals surface area contributed by atoms with Crippen LogP contribution in [-0.4, -0.2) is 86.1 Å². The van der Waals surface area contributed by atoms with Gasteiger partial charge in [-0.3, -0.25) is 29.2 Å². The Balaban J connectivity index is 2.31. The molecule has 0 atom stereocenters. The van der Waals surface area contributed by atoms with Crippen molar-refractivity contribution in [2.45, 2.75) is 38.8 Å². The van der Waals surface area contributed by atoms with Gasteiger partial charge in [-0.15, -0.1) is 23.2 Å². The third kappa shape index (κ3) is 2.95. The second kappa shape index (κ2) is 6.64. The lowest BCUT2D eigenvalue weighted by molar-refractivity contribution is -0.132. The van der Waals surface area contributed by atoms with Gasteiger partial charge in [-0.05, 0) is 27.7 Å². The van der Waals surface area contributed by atoms with E-state index in [1.165, 1.54) is 9.80 Å². The molecule has 2 aliphatic rings. The summed E-state index contributed by atoms with van der Waals surface area (Å²) in [7, 11) is 0. The second-order valence-corrected chi connectivity index (χ2v) is 7.73. The van der Waals surface area contributed by atoms with Crippen molar-refractivity contribution >= 4 is 47.1 Å². The number of nitrogens with zero attached hydrogens (tertiary/aromatic N) is 4. The lowest BCUT2D eigenvalue weighted by Crippen LogP contribution is -2.55. The third-order valence-corrected chi connectivity index (χ3v) is 5.05. The molecule has 2 fully saturated rings. The molecule has 0 aromatic carbocycles. The largest absolute Gasteiger partial charge is 0.329 e. The normalized spacial score (nSPS) is 22.6. The summed E-state index contributed by atoms with van der Waals surface area (Å²) in [6.07, 6.45) is 0. The first-order valence-electron chi connectivity index (χ1n) is 7.90. The highest BCUT2D eigenvalue weighted by Crippen LogP contribution is 2.33. The number of imide groups is 2. The van der Waals surface area contributed by atoms with E-state index in [0.717, 1.165) is 9.80 Å². The molecule has 2 heterocycles. The first-order valence-corrected chi connectivity index (χ1v) is 8.97. The molecule has 0 aromatic heterocycles. The summed E-state index contributed by atoms with van der Waals surface area (Å²) in [5.41, 5.74) is -2.27. The topological polar surface area (TPSA) is 81.2 Å². The van der Waals surface area contributed by atoms with Crippen molar-refractivity contribution in [3.05, 3.63) is 0 Å². The van der Waals surface area contributed by atoms with Gasteiger partial charge in [0.2, 0.25) is 0 Å². The fraction of sp³-hybridized carbons (Fsp3) is 0.733. The van der Waals surface area contributed by atoms with Crippen LogP contribution in [0, 0.1) is 0 Å². The van der Waals surface area contributed by atoms with E-state index >= 15 is 0 Å². The molecule has 2 rings (SSSR count). The van der Waals surface area contributed by atoms with E-state index in [1.54, 1.807) is 27.7 Å². The number of amides is 6. The summed E-state index contributed by atoms with van der Waals surface area (Å²) in [4.78, 5) is 55.0. The maximum absolute atomic E-state index is 12.6. The van der Waals surface area contributed by atoms with Gasteiger partial charge in [0.25, 0.3) is 11.8 Å². The quantitative estimate of drug-likeness (QED) is 0.506. The van der Waals surface area contributed by atoms with Crippen molar-refractivity contribution in [3.63, 3.8) is 0 Å². The summed E-state index contributed by atoms with van der Waals surface area (Å²) < 4.78 is 0. The Kier molecular flexibility index (Phi) is 5.26. The molecule has 0 spiro atoms. The Morgan fingerprint density at radius 3 is 1.32 bits per heavy atom. The van der Waals surface area contributed by atoms with Gasteiger partial charge in [0, 0.05) is 24.8 Å². The minimum absolute atomic E-state index is 0.0911. The molecule has 0 aliphatic carbocycles. The average molecular weight is 393 g/mol. The number of urea groups is 2. The number of hydrogen-bond acceptors (Lipinski definition) is 4. The smallest absolute Gasteiger partial charge is 0.292 e. The molecule has 0 unspecified atom stereocenters. The summed E-state index contributed by atoms with van der Waals surface area (Å²) in [5.74, 6) is -0.521. The van der Waals surface area contributed by atoms with E-state index < -0.39 is 23.1 Å². The van der Waals surface area contributed by atoms with E-state index in [2.05, 4.69) is 0 Å². The molecule has 25 heavy (non-hydrogen) atoms. The molecule has 2 saturated heterocycles. The van der Waals surface area contributed by atoms with Crippen LogP contribution in [0.2, 0.25) is 0 Å². The average Bonchev–Trinajstić information content (AvgIpc) is 2.79. The molecular formula is C15H22Cl2N4O4. The van der Waals surface area contributed by atoms with Crippen molar-refractivity contribution in [2.75, 3.05) is 31.5 Å². The summed E-state index contributed by atoms with van der Waals surface area (Å²) in [6, 6.07) is -1.05. The van der Waals surface area contributed by atoms with Crippen LogP contribution in [0.25, 0.3) is 0 Å². The Hall–Kier alpha value is -1.54. The predicted molar refractivity (Wildman–Crippen MR) is 92.4 cm³/mol. The van der Waals surface area contributed by atoms with E-state index in [9.17, 15) is 19.2 Å². The molecule has 0 N–H and O–H groups in total. The lowest BCUT2D eigenvalue weighted by atomic mass is 10.0. The van der Waals surface area contributed by atoms with E-state index in [0.29, 0.717) is 0 Å². The predicted octanol–water partition coefficient (Wildman–Crippen LogP) is 1.51. The lowest BCUT2D eigenvalue weighted by Gasteiger charge is -2.36. The maximum atomic E-state index is 12.6. The molecule has 6 amide bonds. The summed E-state index contributed by atoms with van der Waals surface area (Å²) in [5, 5.41) is 0. The molecule has 2 aliphatic heterocycles. The minimum Gasteiger partial charge on any atom is -0.292 e. The number of halogens is 2. The van der Waals surface area contributed by atoms with Gasteiger partial charge in [-0.2, -0.15) is 0 Å². The molecule has 140 valence electrons. The molecule has 8 nitrogen and oxygen atoms in total. The van der Waals surface area contributed by atoms with Crippen molar-refractivity contribution in [1.82, 2.24) is 19.6 Å². The van der Waals surface area contributed by atoms with Gasteiger partial charge in [0.05, 0.1) is 0 Å². The zero-order chi connectivity index (χ0) is 19.2. The monoisotopic (exact) mass is 392 g/mol.